The Bertz CT molecular complexity index is 1020. The summed E-state index contributed by atoms with van der Waals surface area (Å²) >= 11 is 3.15. The molecule has 3 heterocycles. The summed E-state index contributed by atoms with van der Waals surface area (Å²) in [6.45, 7) is 12.0. The summed E-state index contributed by atoms with van der Waals surface area (Å²) in [6.07, 6.45) is 0. The summed E-state index contributed by atoms with van der Waals surface area (Å²) in [6, 6.07) is 12.9. The summed E-state index contributed by atoms with van der Waals surface area (Å²) in [5.41, 5.74) is 5.08. The second-order valence-corrected chi connectivity index (χ2v) is 10.5. The van der Waals surface area contributed by atoms with Crippen molar-refractivity contribution in [2.45, 2.75) is 39.7 Å². The Hall–Kier alpha value is -1.99. The fourth-order valence-electron chi connectivity index (χ4n) is 4.10. The molecule has 164 valence electrons. The molecule has 1 aliphatic rings. The number of ether oxygens (including phenoxy) is 1. The number of hydrogen-bond acceptors (Lipinski definition) is 5. The molecule has 0 bridgehead atoms. The smallest absolute Gasteiger partial charge is 0.266 e. The monoisotopic (exact) mass is 454 g/mol. The topological polar surface area (TPSA) is 41.6 Å². The molecule has 0 saturated carbocycles. The van der Waals surface area contributed by atoms with Gasteiger partial charge in [-0.3, -0.25) is 9.69 Å². The van der Waals surface area contributed by atoms with Gasteiger partial charge >= 0.3 is 0 Å². The van der Waals surface area contributed by atoms with Crippen molar-refractivity contribution in [1.29, 1.82) is 0 Å². The van der Waals surface area contributed by atoms with Gasteiger partial charge in [-0.2, -0.15) is 0 Å². The number of carbonyl (C=O) groups excluding carboxylic acids is 1. The van der Waals surface area contributed by atoms with Gasteiger partial charge in [0, 0.05) is 23.5 Å². The highest BCUT2D eigenvalue weighted by Gasteiger charge is 2.30. The van der Waals surface area contributed by atoms with Crippen LogP contribution in [0.5, 0.6) is 0 Å². The zero-order valence-corrected chi connectivity index (χ0v) is 20.2. The molecule has 4 rings (SSSR count). The Morgan fingerprint density at radius 1 is 1.06 bits per heavy atom. The summed E-state index contributed by atoms with van der Waals surface area (Å²) < 4.78 is 5.64. The molecule has 1 saturated heterocycles. The second-order valence-electron chi connectivity index (χ2n) is 8.33. The summed E-state index contributed by atoms with van der Waals surface area (Å²) in [5, 5.41) is 6.12. The minimum absolute atomic E-state index is 0.0339. The average Bonchev–Trinajstić information content (AvgIpc) is 3.40. The van der Waals surface area contributed by atoms with Gasteiger partial charge in [-0.15, -0.1) is 22.7 Å². The van der Waals surface area contributed by atoms with E-state index in [4.69, 9.17) is 4.74 Å². The van der Waals surface area contributed by atoms with E-state index in [0.29, 0.717) is 5.92 Å². The lowest BCUT2D eigenvalue weighted by atomic mass is 9.92. The van der Waals surface area contributed by atoms with Crippen LogP contribution >= 0.6 is 22.7 Å². The molecule has 1 aliphatic heterocycles. The number of benzene rings is 1. The average molecular weight is 455 g/mol. The fourth-order valence-corrected chi connectivity index (χ4v) is 5.80. The largest absolute Gasteiger partial charge is 0.379 e. The number of nitrogens with one attached hydrogen (secondary N) is 1. The third-order valence-electron chi connectivity index (χ3n) is 6.01. The Morgan fingerprint density at radius 2 is 1.74 bits per heavy atom. The van der Waals surface area contributed by atoms with Crippen LogP contribution in [0.15, 0.2) is 41.8 Å². The summed E-state index contributed by atoms with van der Waals surface area (Å²) in [4.78, 5) is 17.3. The molecule has 6 heteroatoms. The van der Waals surface area contributed by atoms with Crippen LogP contribution < -0.4 is 5.32 Å². The number of morpholine rings is 1. The molecule has 0 radical (unpaired) electrons. The van der Waals surface area contributed by atoms with Gasteiger partial charge in [0.2, 0.25) is 0 Å². The molecule has 0 spiro atoms. The summed E-state index contributed by atoms with van der Waals surface area (Å²) in [7, 11) is 0. The zero-order chi connectivity index (χ0) is 22.0. The van der Waals surface area contributed by atoms with E-state index < -0.39 is 0 Å². The standard InChI is InChI=1S/C25H30N2O2S2/c1-16(2)19-7-9-20(10-8-19)23(27-11-13-29-14-12-27)22-17(3)18(4)31-25(22)26-24(28)21-6-5-15-30-21/h5-10,15-16,23H,11-14H2,1-4H3,(H,26,28)/t23-/m0/s1. The highest BCUT2D eigenvalue weighted by Crippen LogP contribution is 2.42. The van der Waals surface area contributed by atoms with Crippen molar-refractivity contribution in [3.63, 3.8) is 0 Å². The van der Waals surface area contributed by atoms with Gasteiger partial charge in [-0.1, -0.05) is 44.2 Å². The van der Waals surface area contributed by atoms with Crippen LogP contribution in [0, 0.1) is 13.8 Å². The third kappa shape index (κ3) is 4.77. The number of thiophene rings is 2. The normalized spacial score (nSPS) is 15.9. The number of carbonyl (C=O) groups is 1. The first kappa shape index (κ1) is 22.2. The van der Waals surface area contributed by atoms with Crippen LogP contribution in [-0.4, -0.2) is 37.1 Å². The molecule has 0 unspecified atom stereocenters. The number of nitrogens with zero attached hydrogens (tertiary/aromatic N) is 1. The van der Waals surface area contributed by atoms with E-state index in [1.165, 1.54) is 38.5 Å². The van der Waals surface area contributed by atoms with Crippen LogP contribution in [0.25, 0.3) is 0 Å². The molecule has 0 aliphatic carbocycles. The molecule has 1 amide bonds. The zero-order valence-electron chi connectivity index (χ0n) is 18.6. The Labute approximate surface area is 192 Å². The van der Waals surface area contributed by atoms with Crippen molar-refractivity contribution >= 4 is 33.6 Å². The van der Waals surface area contributed by atoms with E-state index in [0.717, 1.165) is 36.2 Å². The van der Waals surface area contributed by atoms with Crippen molar-refractivity contribution in [3.05, 3.63) is 73.8 Å². The Balaban J connectivity index is 1.76. The van der Waals surface area contributed by atoms with E-state index in [1.54, 1.807) is 11.3 Å². The lowest BCUT2D eigenvalue weighted by Crippen LogP contribution is -2.40. The molecular weight excluding hydrogens is 424 g/mol. The van der Waals surface area contributed by atoms with Crippen molar-refractivity contribution in [2.75, 3.05) is 31.6 Å². The fraction of sp³-hybridized carbons (Fsp3) is 0.400. The third-order valence-corrected chi connectivity index (χ3v) is 8.01. The number of anilines is 1. The quantitative estimate of drug-likeness (QED) is 0.480. The van der Waals surface area contributed by atoms with Crippen LogP contribution in [0.1, 0.15) is 62.6 Å². The number of amides is 1. The molecular formula is C25H30N2O2S2. The van der Waals surface area contributed by atoms with Crippen molar-refractivity contribution in [3.8, 4) is 0 Å². The lowest BCUT2D eigenvalue weighted by Gasteiger charge is -2.36. The molecule has 1 N–H and O–H groups in total. The van der Waals surface area contributed by atoms with Gasteiger partial charge in [0.1, 0.15) is 5.00 Å². The van der Waals surface area contributed by atoms with E-state index in [1.807, 2.05) is 17.5 Å². The molecule has 2 aromatic heterocycles. The lowest BCUT2D eigenvalue weighted by molar-refractivity contribution is 0.0240. The maximum absolute atomic E-state index is 12.9. The van der Waals surface area contributed by atoms with Crippen LogP contribution in [-0.2, 0) is 4.74 Å². The first-order valence-corrected chi connectivity index (χ1v) is 12.5. The first-order chi connectivity index (χ1) is 15.0. The minimum Gasteiger partial charge on any atom is -0.379 e. The van der Waals surface area contributed by atoms with Gasteiger partial charge in [-0.05, 0) is 47.9 Å². The van der Waals surface area contributed by atoms with Gasteiger partial charge in [-0.25, -0.2) is 0 Å². The first-order valence-electron chi connectivity index (χ1n) is 10.8. The molecule has 31 heavy (non-hydrogen) atoms. The van der Waals surface area contributed by atoms with Crippen LogP contribution in [0.2, 0.25) is 0 Å². The SMILES string of the molecule is Cc1sc(NC(=O)c2cccs2)c([C@H](c2ccc(C(C)C)cc2)N2CCOCC2)c1C. The van der Waals surface area contributed by atoms with Crippen molar-refractivity contribution in [1.82, 2.24) is 4.90 Å². The van der Waals surface area contributed by atoms with Crippen LogP contribution in [0.3, 0.4) is 0 Å². The van der Waals surface area contributed by atoms with E-state index in [2.05, 4.69) is 62.2 Å². The van der Waals surface area contributed by atoms with E-state index >= 15 is 0 Å². The highest BCUT2D eigenvalue weighted by atomic mass is 32.1. The van der Waals surface area contributed by atoms with Crippen LogP contribution in [0.4, 0.5) is 5.00 Å². The van der Waals surface area contributed by atoms with Gasteiger partial charge < -0.3 is 10.1 Å². The predicted octanol–water partition coefficient (Wildman–Crippen LogP) is 6.22. The van der Waals surface area contributed by atoms with Gasteiger partial charge in [0.15, 0.2) is 0 Å². The Morgan fingerprint density at radius 3 is 2.35 bits per heavy atom. The maximum Gasteiger partial charge on any atom is 0.266 e. The number of aryl methyl sites for hydroxylation is 1. The van der Waals surface area contributed by atoms with Crippen molar-refractivity contribution < 1.29 is 9.53 Å². The molecule has 3 aromatic rings. The molecule has 1 fully saturated rings. The van der Waals surface area contributed by atoms with Crippen molar-refractivity contribution in [2.24, 2.45) is 0 Å². The number of rotatable bonds is 6. The van der Waals surface area contributed by atoms with Gasteiger partial charge in [0.05, 0.1) is 24.1 Å². The Kier molecular flexibility index (Phi) is 6.92. The van der Waals surface area contributed by atoms with E-state index in [9.17, 15) is 4.79 Å². The molecule has 4 nitrogen and oxygen atoms in total. The molecule has 1 aromatic carbocycles. The predicted molar refractivity (Wildman–Crippen MR) is 131 cm³/mol. The second kappa shape index (κ2) is 9.65. The van der Waals surface area contributed by atoms with E-state index in [-0.39, 0.29) is 11.9 Å². The number of hydrogen-bond donors (Lipinski definition) is 1. The minimum atomic E-state index is -0.0339. The maximum atomic E-state index is 12.9. The molecule has 1 atom stereocenters. The summed E-state index contributed by atoms with van der Waals surface area (Å²) in [5.74, 6) is 0.468. The highest BCUT2D eigenvalue weighted by molar-refractivity contribution is 7.17. The van der Waals surface area contributed by atoms with Gasteiger partial charge in [0.25, 0.3) is 5.91 Å².